The van der Waals surface area contributed by atoms with Crippen molar-refractivity contribution in [2.24, 2.45) is 0 Å². The molecule has 0 heterocycles. The molecule has 5 heteroatoms. The van der Waals surface area contributed by atoms with Crippen LogP contribution in [0.1, 0.15) is 0 Å². The fourth-order valence-corrected chi connectivity index (χ4v) is 0. The zero-order valence-corrected chi connectivity index (χ0v) is 14.8. The third-order valence-corrected chi connectivity index (χ3v) is 0. The minimum atomic E-state index is 0. The van der Waals surface area contributed by atoms with Crippen LogP contribution in [-0.2, 0) is 55.6 Å². The Hall–Kier alpha value is 3.54. The van der Waals surface area contributed by atoms with E-state index in [0.717, 1.165) is 0 Å². The minimum absolute atomic E-state index is 0. The second-order valence-corrected chi connectivity index (χ2v) is 0. The van der Waals surface area contributed by atoms with E-state index in [4.69, 9.17) is 0 Å². The van der Waals surface area contributed by atoms with Crippen LogP contribution in [0.5, 0.6) is 0 Å². The maximum atomic E-state index is 2.11. The maximum Gasteiger partial charge on any atom is 0 e. The zero-order valence-electron chi connectivity index (χ0n) is 2.73. The van der Waals surface area contributed by atoms with E-state index in [9.17, 15) is 0 Å². The molecule has 0 amide bonds. The molecule has 0 atom stereocenters. The molecular formula is H2IrOSrTaTi. The first-order chi connectivity index (χ1) is 1.00. The summed E-state index contributed by atoms with van der Waals surface area (Å²) in [6, 6.07) is 0. The van der Waals surface area contributed by atoms with Crippen molar-refractivity contribution in [3.05, 3.63) is 0 Å². The quantitative estimate of drug-likeness (QED) is 0.379. The Morgan fingerprint density at radius 3 is 1.20 bits per heavy atom. The molecule has 0 aliphatic heterocycles. The van der Waals surface area contributed by atoms with Gasteiger partial charge in [-0.25, -0.2) is 0 Å². The molecule has 0 rings (SSSR count). The molecule has 0 aliphatic carbocycles. The minimum Gasteiger partial charge on any atom is 0 e. The Balaban J connectivity index is -0.00000000167. The summed E-state index contributed by atoms with van der Waals surface area (Å²) in [5, 5.41) is 0. The first-order valence-corrected chi connectivity index (χ1v) is 9.99. The van der Waals surface area contributed by atoms with Gasteiger partial charge in [-0.05, 0) is 0 Å². The van der Waals surface area contributed by atoms with Gasteiger partial charge in [-0.1, -0.05) is 0 Å². The summed E-state index contributed by atoms with van der Waals surface area (Å²) < 4.78 is 0. The molecule has 0 aromatic carbocycles. The Bertz CT molecular complexity index is 11.6. The third kappa shape index (κ3) is 18.5. The van der Waals surface area contributed by atoms with E-state index in [1.807, 2.05) is 0 Å². The van der Waals surface area contributed by atoms with Crippen molar-refractivity contribution in [1.82, 2.24) is 0 Å². The van der Waals surface area contributed by atoms with Crippen LogP contribution in [-0.4, -0.2) is 51.0 Å². The zero-order chi connectivity index (χ0) is 2.00. The normalized spacial score (nSPS) is 1.20. The molecule has 0 unspecified atom stereocenters. The SMILES string of the molecule is [OH-].[SrH+].[Ta][Ir].[Ti]. The van der Waals surface area contributed by atoms with Gasteiger partial charge in [0.1, 0.15) is 0 Å². The van der Waals surface area contributed by atoms with Gasteiger partial charge in [-0.15, -0.1) is 0 Å². The largest absolute Gasteiger partial charge is 0 e. The summed E-state index contributed by atoms with van der Waals surface area (Å²) >= 11 is 3.56. The van der Waals surface area contributed by atoms with E-state index >= 15 is 0 Å². The van der Waals surface area contributed by atoms with Crippen LogP contribution in [0.3, 0.4) is 0 Å². The molecule has 0 radical (unpaired) electrons. The molecule has 5 heavy (non-hydrogen) atoms. The maximum absolute atomic E-state index is 2.11. The smallest absolute Gasteiger partial charge is 0 e. The molecule has 0 fully saturated rings. The van der Waals surface area contributed by atoms with Crippen LogP contribution in [0.4, 0.5) is 0 Å². The molecule has 0 aromatic heterocycles. The second kappa shape index (κ2) is 25.7. The van der Waals surface area contributed by atoms with E-state index < -0.39 is 0 Å². The molecule has 0 saturated carbocycles. The molecule has 1 N–H and O–H groups in total. The van der Waals surface area contributed by atoms with E-state index in [1.54, 1.807) is 0 Å². The molecule has 0 bridgehead atoms. The topological polar surface area (TPSA) is 30.0 Å². The molecule has 28 valence electrons. The van der Waals surface area contributed by atoms with Crippen LogP contribution >= 0.6 is 0 Å². The van der Waals surface area contributed by atoms with Crippen LogP contribution in [0.25, 0.3) is 0 Å². The number of rotatable bonds is 0. The van der Waals surface area contributed by atoms with E-state index in [1.165, 1.54) is 18.2 Å². The van der Waals surface area contributed by atoms with Crippen molar-refractivity contribution >= 4 is 45.5 Å². The summed E-state index contributed by atoms with van der Waals surface area (Å²) in [7, 11) is 0. The van der Waals surface area contributed by atoms with Crippen molar-refractivity contribution < 1.29 is 61.1 Å². The van der Waals surface area contributed by atoms with Crippen molar-refractivity contribution in [2.45, 2.75) is 0 Å². The Labute approximate surface area is 104 Å². The van der Waals surface area contributed by atoms with Crippen molar-refractivity contribution in [3.63, 3.8) is 0 Å². The van der Waals surface area contributed by atoms with Crippen molar-refractivity contribution in [2.75, 3.05) is 0 Å². The standard InChI is InChI=1S/Ir.H2O.Sr.Ta.Ti.H/h;1H2;;;;/q;;+1;;;/p-1. The summed E-state index contributed by atoms with van der Waals surface area (Å²) in [5.74, 6) is 0. The molecule has 0 saturated heterocycles. The number of hydrogen-bond acceptors (Lipinski definition) is 1. The van der Waals surface area contributed by atoms with E-state index in [0.29, 0.717) is 0 Å². The van der Waals surface area contributed by atoms with Gasteiger partial charge < -0.3 is 5.48 Å². The summed E-state index contributed by atoms with van der Waals surface area (Å²) in [6.45, 7) is 0. The van der Waals surface area contributed by atoms with Gasteiger partial charge in [0, 0.05) is 21.7 Å². The average Bonchev–Trinajstić information content (AvgIpc) is 1.00. The Morgan fingerprint density at radius 2 is 1.20 bits per heavy atom. The van der Waals surface area contributed by atoms with E-state index in [2.05, 4.69) is 15.7 Å². The Morgan fingerprint density at radius 1 is 1.20 bits per heavy atom. The van der Waals surface area contributed by atoms with E-state index in [-0.39, 0.29) is 72.7 Å². The van der Waals surface area contributed by atoms with Crippen LogP contribution in [0, 0.1) is 0 Å². The van der Waals surface area contributed by atoms with Crippen LogP contribution in [0.2, 0.25) is 0 Å². The monoisotopic (exact) mass is 528 g/mol. The Kier molecular flexibility index (Phi) is 121. The van der Waals surface area contributed by atoms with Gasteiger partial charge >= 0.3 is 79.4 Å². The molecule has 0 aliphatic rings. The van der Waals surface area contributed by atoms with Crippen molar-refractivity contribution in [1.29, 1.82) is 0 Å². The second-order valence-electron chi connectivity index (χ2n) is 0. The first kappa shape index (κ1) is 23.5. The summed E-state index contributed by atoms with van der Waals surface area (Å²) in [4.78, 5) is 0. The van der Waals surface area contributed by atoms with Gasteiger partial charge in [0.2, 0.25) is 0 Å². The molecular weight excluding hydrogens is 525 g/mol. The van der Waals surface area contributed by atoms with Gasteiger partial charge in [-0.3, -0.25) is 0 Å². The predicted octanol–water partition coefficient (Wildman–Crippen LogP) is -0.833. The predicted molar refractivity (Wildman–Crippen MR) is 9.08 cm³/mol. The van der Waals surface area contributed by atoms with Gasteiger partial charge in [0.25, 0.3) is 0 Å². The van der Waals surface area contributed by atoms with Gasteiger partial charge in [0.05, 0.1) is 0 Å². The van der Waals surface area contributed by atoms with Crippen molar-refractivity contribution in [3.8, 4) is 0 Å². The average molecular weight is 527 g/mol. The fourth-order valence-electron chi connectivity index (χ4n) is 0. The van der Waals surface area contributed by atoms with Crippen LogP contribution in [0.15, 0.2) is 0 Å². The first-order valence-electron chi connectivity index (χ1n) is 0.149. The summed E-state index contributed by atoms with van der Waals surface area (Å²) in [6.07, 6.45) is 0. The molecule has 0 spiro atoms. The molecule has 0 aromatic rings. The fraction of sp³-hybridized carbons (Fsp3) is 0. The summed E-state index contributed by atoms with van der Waals surface area (Å²) in [5.41, 5.74) is 0. The molecule has 1 nitrogen and oxygen atoms in total. The van der Waals surface area contributed by atoms with Gasteiger partial charge in [0.15, 0.2) is 0 Å². The van der Waals surface area contributed by atoms with Gasteiger partial charge in [-0.2, -0.15) is 0 Å². The number of hydrogen-bond donors (Lipinski definition) is 0. The van der Waals surface area contributed by atoms with Crippen LogP contribution < -0.4 is 0 Å². The third-order valence-electron chi connectivity index (χ3n) is 0.